The minimum Gasteiger partial charge on any atom is -0.481 e. The lowest BCUT2D eigenvalue weighted by atomic mass is 9.96. The number of rotatable bonds is 17. The number of benzene rings is 1. The zero-order valence-electron chi connectivity index (χ0n) is 24.3. The van der Waals surface area contributed by atoms with Crippen molar-refractivity contribution in [2.45, 2.75) is 83.3 Å². The Morgan fingerprint density at radius 1 is 0.878 bits per heavy atom. The Hall–Kier alpha value is -3.28. The van der Waals surface area contributed by atoms with Gasteiger partial charge >= 0.3 is 12.1 Å². The number of nitrogens with one attached hydrogen (secondary N) is 4. The fourth-order valence-corrected chi connectivity index (χ4v) is 4.55. The second kappa shape index (κ2) is 16.2. The van der Waals surface area contributed by atoms with E-state index in [2.05, 4.69) is 33.9 Å². The number of carbonyl (C=O) groups excluding carboxylic acids is 4. The Morgan fingerprint density at radius 2 is 1.49 bits per heavy atom. The molecule has 1 aromatic rings. The van der Waals surface area contributed by atoms with Crippen molar-refractivity contribution in [2.24, 2.45) is 11.8 Å². The molecule has 12 heteroatoms. The molecule has 0 bridgehead atoms. The van der Waals surface area contributed by atoms with Crippen LogP contribution in [0, 0.1) is 11.8 Å². The van der Waals surface area contributed by atoms with E-state index in [-0.39, 0.29) is 54.8 Å². The topological polar surface area (TPSA) is 163 Å². The summed E-state index contributed by atoms with van der Waals surface area (Å²) < 4.78 is 5.07. The van der Waals surface area contributed by atoms with E-state index in [1.165, 1.54) is 0 Å². The van der Waals surface area contributed by atoms with Gasteiger partial charge in [-0.15, -0.1) is 0 Å². The number of hydrogen-bond acceptors (Lipinski definition) is 7. The van der Waals surface area contributed by atoms with Crippen molar-refractivity contribution in [1.29, 1.82) is 0 Å². The molecule has 0 saturated heterocycles. The fourth-order valence-electron chi connectivity index (χ4n) is 4.29. The van der Waals surface area contributed by atoms with Gasteiger partial charge in [0.2, 0.25) is 17.7 Å². The van der Waals surface area contributed by atoms with Crippen molar-refractivity contribution in [3.05, 3.63) is 35.9 Å². The van der Waals surface area contributed by atoms with Crippen LogP contribution in [-0.2, 0) is 29.3 Å². The van der Waals surface area contributed by atoms with Crippen LogP contribution < -0.4 is 21.3 Å². The number of aliphatic carboxylic acids is 1. The average molecular weight is 593 g/mol. The summed E-state index contributed by atoms with van der Waals surface area (Å²) >= 11 is 4.26. The van der Waals surface area contributed by atoms with Crippen LogP contribution in [0.1, 0.15) is 65.4 Å². The van der Waals surface area contributed by atoms with Gasteiger partial charge in [-0.3, -0.25) is 19.2 Å². The van der Waals surface area contributed by atoms with E-state index in [4.69, 9.17) is 9.84 Å². The van der Waals surface area contributed by atoms with Crippen LogP contribution in [-0.4, -0.2) is 71.9 Å². The fraction of sp³-hybridized carbons (Fsp3) is 0.621. The van der Waals surface area contributed by atoms with Gasteiger partial charge in [-0.2, -0.15) is 12.6 Å². The maximum absolute atomic E-state index is 13.3. The Bertz CT molecular complexity index is 1050. The number of thiol groups is 1. The van der Waals surface area contributed by atoms with Crippen LogP contribution in [0.3, 0.4) is 0 Å². The molecular formula is C29H44N4O7S. The van der Waals surface area contributed by atoms with Crippen LogP contribution in [0.2, 0.25) is 0 Å². The third-order valence-corrected chi connectivity index (χ3v) is 7.16. The molecule has 4 amide bonds. The number of amides is 4. The van der Waals surface area contributed by atoms with Crippen molar-refractivity contribution >= 4 is 42.4 Å². The highest BCUT2D eigenvalue weighted by Crippen LogP contribution is 2.47. The van der Waals surface area contributed by atoms with Gasteiger partial charge in [-0.25, -0.2) is 4.79 Å². The standard InChI is InChI=1S/C29H44N4O7S/c1-18(2)14-22(31-26(37)21(10-11-24(34)35)33-28(39)40-15-19(3)4)27(38)32-23(16-41)25(36)30-17-29(12-13-29)20-8-6-5-7-9-20/h5-9,18-19,21-23,41H,10-17H2,1-4H3,(H,30,36)(H,31,37)(H,32,38)(H,33,39)(H,34,35)/t21-,22-,23-/m0/s1. The monoisotopic (exact) mass is 592 g/mol. The van der Waals surface area contributed by atoms with Gasteiger partial charge in [0.25, 0.3) is 0 Å². The van der Waals surface area contributed by atoms with Gasteiger partial charge < -0.3 is 31.1 Å². The molecule has 3 atom stereocenters. The molecule has 0 heterocycles. The molecule has 1 saturated carbocycles. The SMILES string of the molecule is CC(C)COC(=O)N[C@@H](CCC(=O)O)C(=O)N[C@@H](CC(C)C)C(=O)N[C@@H](CS)C(=O)NCC1(c2ccccc2)CC1. The molecule has 0 aliphatic heterocycles. The van der Waals surface area contributed by atoms with Crippen molar-refractivity contribution in [1.82, 2.24) is 21.3 Å². The lowest BCUT2D eigenvalue weighted by Gasteiger charge is -2.26. The highest BCUT2D eigenvalue weighted by atomic mass is 32.1. The minimum absolute atomic E-state index is 0.00337. The van der Waals surface area contributed by atoms with Gasteiger partial charge in [-0.05, 0) is 43.1 Å². The van der Waals surface area contributed by atoms with E-state index in [9.17, 15) is 24.0 Å². The van der Waals surface area contributed by atoms with Crippen LogP contribution in [0.4, 0.5) is 4.79 Å². The molecule has 1 aliphatic carbocycles. The molecule has 11 nitrogen and oxygen atoms in total. The Balaban J connectivity index is 2.04. The number of alkyl carbamates (subject to hydrolysis) is 1. The lowest BCUT2D eigenvalue weighted by Crippen LogP contribution is -2.57. The Labute approximate surface area is 247 Å². The Morgan fingerprint density at radius 3 is 2.02 bits per heavy atom. The molecule has 0 unspecified atom stereocenters. The highest BCUT2D eigenvalue weighted by Gasteiger charge is 2.44. The summed E-state index contributed by atoms with van der Waals surface area (Å²) in [5, 5.41) is 19.8. The average Bonchev–Trinajstić information content (AvgIpc) is 3.72. The normalized spacial score (nSPS) is 15.8. The first-order chi connectivity index (χ1) is 19.4. The summed E-state index contributed by atoms with van der Waals surface area (Å²) in [5.74, 6) is -2.71. The summed E-state index contributed by atoms with van der Waals surface area (Å²) in [4.78, 5) is 62.7. The molecule has 1 aromatic carbocycles. The van der Waals surface area contributed by atoms with Crippen LogP contribution in [0.25, 0.3) is 0 Å². The second-order valence-corrected chi connectivity index (χ2v) is 11.8. The van der Waals surface area contributed by atoms with Gasteiger partial charge in [0.05, 0.1) is 6.61 Å². The van der Waals surface area contributed by atoms with Crippen molar-refractivity contribution in [3.63, 3.8) is 0 Å². The van der Waals surface area contributed by atoms with Gasteiger partial charge in [-0.1, -0.05) is 58.0 Å². The second-order valence-electron chi connectivity index (χ2n) is 11.4. The smallest absolute Gasteiger partial charge is 0.407 e. The van der Waals surface area contributed by atoms with Crippen LogP contribution in [0.15, 0.2) is 30.3 Å². The zero-order chi connectivity index (χ0) is 30.6. The molecule has 0 aromatic heterocycles. The first-order valence-electron chi connectivity index (χ1n) is 14.1. The number of carboxylic acid groups (broad SMARTS) is 1. The van der Waals surface area contributed by atoms with Crippen LogP contribution >= 0.6 is 12.6 Å². The molecule has 0 radical (unpaired) electrons. The van der Waals surface area contributed by atoms with Crippen molar-refractivity contribution < 1.29 is 33.8 Å². The molecule has 1 aliphatic rings. The minimum atomic E-state index is -1.23. The van der Waals surface area contributed by atoms with E-state index in [0.29, 0.717) is 6.54 Å². The van der Waals surface area contributed by atoms with E-state index in [1.54, 1.807) is 0 Å². The molecular weight excluding hydrogens is 548 g/mol. The lowest BCUT2D eigenvalue weighted by molar-refractivity contribution is -0.137. The van der Waals surface area contributed by atoms with Crippen LogP contribution in [0.5, 0.6) is 0 Å². The third kappa shape index (κ3) is 11.6. The summed E-state index contributed by atoms with van der Waals surface area (Å²) in [6.07, 6.45) is 0.734. The van der Waals surface area contributed by atoms with Gasteiger partial charge in [0.15, 0.2) is 0 Å². The predicted octanol–water partition coefficient (Wildman–Crippen LogP) is 2.40. The van der Waals surface area contributed by atoms with E-state index < -0.39 is 42.0 Å². The van der Waals surface area contributed by atoms with E-state index >= 15 is 0 Å². The first kappa shape index (κ1) is 33.9. The largest absolute Gasteiger partial charge is 0.481 e. The third-order valence-electron chi connectivity index (χ3n) is 6.80. The predicted molar refractivity (Wildman–Crippen MR) is 158 cm³/mol. The van der Waals surface area contributed by atoms with Gasteiger partial charge in [0.1, 0.15) is 18.1 Å². The maximum Gasteiger partial charge on any atom is 0.407 e. The summed E-state index contributed by atoms with van der Waals surface area (Å²) in [6.45, 7) is 8.00. The first-order valence-corrected chi connectivity index (χ1v) is 14.7. The molecule has 0 spiro atoms. The number of hydrogen-bond donors (Lipinski definition) is 6. The maximum atomic E-state index is 13.3. The molecule has 1 fully saturated rings. The summed E-state index contributed by atoms with van der Waals surface area (Å²) in [7, 11) is 0. The Kier molecular flexibility index (Phi) is 13.4. The summed E-state index contributed by atoms with van der Waals surface area (Å²) in [6, 6.07) is 6.76. The number of carbonyl (C=O) groups is 5. The molecule has 41 heavy (non-hydrogen) atoms. The quantitative estimate of drug-likeness (QED) is 0.151. The molecule has 228 valence electrons. The number of carboxylic acids is 1. The highest BCUT2D eigenvalue weighted by molar-refractivity contribution is 7.80. The number of ether oxygens (including phenoxy) is 1. The molecule has 5 N–H and O–H groups in total. The molecule has 2 rings (SSSR count). The van der Waals surface area contributed by atoms with E-state index in [0.717, 1.165) is 18.4 Å². The summed E-state index contributed by atoms with van der Waals surface area (Å²) in [5.41, 5.74) is 1.05. The van der Waals surface area contributed by atoms with E-state index in [1.807, 2.05) is 58.0 Å². The zero-order valence-corrected chi connectivity index (χ0v) is 25.2. The van der Waals surface area contributed by atoms with Crippen molar-refractivity contribution in [2.75, 3.05) is 18.9 Å². The van der Waals surface area contributed by atoms with Crippen molar-refractivity contribution in [3.8, 4) is 0 Å². The van der Waals surface area contributed by atoms with Gasteiger partial charge in [0, 0.05) is 24.1 Å².